The van der Waals surface area contributed by atoms with Gasteiger partial charge < -0.3 is 10.8 Å². The van der Waals surface area contributed by atoms with Gasteiger partial charge in [-0.1, -0.05) is 33.9 Å². The molecule has 0 aromatic carbocycles. The minimum absolute atomic E-state index is 0.130. The van der Waals surface area contributed by atoms with Crippen molar-refractivity contribution < 1.29 is 5.11 Å². The summed E-state index contributed by atoms with van der Waals surface area (Å²) in [4.78, 5) is 0. The normalized spacial score (nSPS) is 16.6. The molecule has 0 saturated heterocycles. The molecule has 0 unspecified atom stereocenters. The van der Waals surface area contributed by atoms with E-state index in [9.17, 15) is 5.11 Å². The van der Waals surface area contributed by atoms with Gasteiger partial charge in [-0.05, 0) is 31.4 Å². The van der Waals surface area contributed by atoms with Crippen molar-refractivity contribution in [3.8, 4) is 0 Å². The van der Waals surface area contributed by atoms with E-state index >= 15 is 0 Å². The maximum atomic E-state index is 9.72. The average Bonchev–Trinajstić information content (AvgIpc) is 1.75. The fourth-order valence-corrected chi connectivity index (χ4v) is 3.74. The highest BCUT2D eigenvalue weighted by Crippen LogP contribution is 2.39. The summed E-state index contributed by atoms with van der Waals surface area (Å²) >= 11 is 0. The molecule has 0 spiro atoms. The maximum Gasteiger partial charge on any atom is 0.0606 e. The zero-order chi connectivity index (χ0) is 12.5. The predicted molar refractivity (Wildman–Crippen MR) is 70.9 cm³/mol. The van der Waals surface area contributed by atoms with Crippen LogP contribution in [-0.4, -0.2) is 24.8 Å². The summed E-state index contributed by atoms with van der Waals surface area (Å²) in [5.41, 5.74) is 5.48. The van der Waals surface area contributed by atoms with Crippen molar-refractivity contribution >= 4 is 8.07 Å². The zero-order valence-electron chi connectivity index (χ0n) is 11.5. The van der Waals surface area contributed by atoms with Gasteiger partial charge in [-0.3, -0.25) is 0 Å². The van der Waals surface area contributed by atoms with Crippen LogP contribution >= 0.6 is 0 Å². The van der Waals surface area contributed by atoms with E-state index in [1.807, 2.05) is 13.8 Å². The number of hydrogen-bond acceptors (Lipinski definition) is 2. The van der Waals surface area contributed by atoms with E-state index in [4.69, 9.17) is 5.73 Å². The number of rotatable bonds is 4. The van der Waals surface area contributed by atoms with E-state index in [1.54, 1.807) is 0 Å². The van der Waals surface area contributed by atoms with E-state index in [1.165, 1.54) is 0 Å². The topological polar surface area (TPSA) is 46.2 Å². The van der Waals surface area contributed by atoms with Crippen LogP contribution < -0.4 is 5.73 Å². The van der Waals surface area contributed by atoms with Crippen molar-refractivity contribution in [3.05, 3.63) is 0 Å². The Morgan fingerprint density at radius 1 is 1.13 bits per heavy atom. The van der Waals surface area contributed by atoms with Crippen molar-refractivity contribution in [2.24, 2.45) is 5.73 Å². The highest BCUT2D eigenvalue weighted by molar-refractivity contribution is 6.80. The van der Waals surface area contributed by atoms with E-state index in [-0.39, 0.29) is 6.04 Å². The van der Waals surface area contributed by atoms with Crippen LogP contribution in [0.5, 0.6) is 0 Å². The molecule has 2 nitrogen and oxygen atoms in total. The summed E-state index contributed by atoms with van der Waals surface area (Å²) in [5, 5.41) is 10.1. The first-order chi connectivity index (χ1) is 6.35. The Morgan fingerprint density at radius 2 is 1.53 bits per heavy atom. The fraction of sp³-hybridized carbons (Fsp3) is 1.00. The lowest BCUT2D eigenvalue weighted by atomic mass is 10.0. The molecule has 0 aliphatic heterocycles. The van der Waals surface area contributed by atoms with Gasteiger partial charge in [-0.25, -0.2) is 0 Å². The third-order valence-corrected chi connectivity index (χ3v) is 9.17. The smallest absolute Gasteiger partial charge is 0.0606 e. The molecule has 0 aromatic rings. The van der Waals surface area contributed by atoms with Crippen LogP contribution in [0.25, 0.3) is 0 Å². The molecule has 3 heteroatoms. The van der Waals surface area contributed by atoms with Crippen LogP contribution in [0.2, 0.25) is 24.2 Å². The number of aliphatic hydroxyl groups is 1. The molecule has 0 amide bonds. The van der Waals surface area contributed by atoms with Gasteiger partial charge in [-0.15, -0.1) is 0 Å². The standard InChI is InChI=1S/C12H29NOSi/c1-11(2,3)15(6,7)9-10(13)8-12(4,5)14/h10,14H,8-9,13H2,1-7H3/t10-/m0/s1. The molecule has 0 rings (SSSR count). The van der Waals surface area contributed by atoms with Crippen LogP contribution in [0.15, 0.2) is 0 Å². The van der Waals surface area contributed by atoms with E-state index in [0.29, 0.717) is 11.5 Å². The van der Waals surface area contributed by atoms with E-state index in [2.05, 4.69) is 33.9 Å². The Morgan fingerprint density at radius 3 is 1.80 bits per heavy atom. The largest absolute Gasteiger partial charge is 0.390 e. The minimum Gasteiger partial charge on any atom is -0.390 e. The van der Waals surface area contributed by atoms with Crippen LogP contribution in [-0.2, 0) is 0 Å². The molecule has 0 bridgehead atoms. The zero-order valence-corrected chi connectivity index (χ0v) is 12.5. The molecule has 1 atom stereocenters. The van der Waals surface area contributed by atoms with Gasteiger partial charge >= 0.3 is 0 Å². The third kappa shape index (κ3) is 5.69. The van der Waals surface area contributed by atoms with Gasteiger partial charge in [0, 0.05) is 6.04 Å². The molecule has 92 valence electrons. The molecule has 0 aliphatic carbocycles. The van der Waals surface area contributed by atoms with Crippen LogP contribution in [0.1, 0.15) is 41.0 Å². The van der Waals surface area contributed by atoms with E-state index < -0.39 is 13.7 Å². The van der Waals surface area contributed by atoms with Crippen molar-refractivity contribution in [2.45, 2.75) is 76.9 Å². The highest BCUT2D eigenvalue weighted by atomic mass is 28.3. The second kappa shape index (κ2) is 4.56. The molecule has 0 fully saturated rings. The average molecular weight is 231 g/mol. The van der Waals surface area contributed by atoms with Gasteiger partial charge in [0.15, 0.2) is 0 Å². The Balaban J connectivity index is 4.36. The van der Waals surface area contributed by atoms with Crippen LogP contribution in [0.4, 0.5) is 0 Å². The Bertz CT molecular complexity index is 201. The molecule has 0 heterocycles. The first kappa shape index (κ1) is 15.1. The lowest BCUT2D eigenvalue weighted by Crippen LogP contribution is -2.44. The second-order valence-corrected chi connectivity index (χ2v) is 12.8. The van der Waals surface area contributed by atoms with Crippen molar-refractivity contribution in [2.75, 3.05) is 0 Å². The molecule has 0 aliphatic rings. The van der Waals surface area contributed by atoms with E-state index in [0.717, 1.165) is 6.04 Å². The quantitative estimate of drug-likeness (QED) is 0.731. The Labute approximate surface area is 96.3 Å². The molecule has 3 N–H and O–H groups in total. The second-order valence-electron chi connectivity index (χ2n) is 7.11. The van der Waals surface area contributed by atoms with Crippen LogP contribution in [0, 0.1) is 0 Å². The monoisotopic (exact) mass is 231 g/mol. The summed E-state index contributed by atoms with van der Waals surface area (Å²) in [6, 6.07) is 1.21. The summed E-state index contributed by atoms with van der Waals surface area (Å²) < 4.78 is 0. The summed E-state index contributed by atoms with van der Waals surface area (Å²) in [6.45, 7) is 15.3. The lowest BCUT2D eigenvalue weighted by molar-refractivity contribution is 0.0652. The van der Waals surface area contributed by atoms with Gasteiger partial charge in [0.05, 0.1) is 13.7 Å². The van der Waals surface area contributed by atoms with Gasteiger partial charge in [-0.2, -0.15) is 0 Å². The summed E-state index contributed by atoms with van der Waals surface area (Å²) in [5.74, 6) is 0. The third-order valence-electron chi connectivity index (χ3n) is 3.56. The predicted octanol–water partition coefficient (Wildman–Crippen LogP) is 2.98. The van der Waals surface area contributed by atoms with Crippen LogP contribution in [0.3, 0.4) is 0 Å². The molecular formula is C12H29NOSi. The van der Waals surface area contributed by atoms with Crippen molar-refractivity contribution in [3.63, 3.8) is 0 Å². The fourth-order valence-electron chi connectivity index (χ4n) is 1.68. The van der Waals surface area contributed by atoms with Gasteiger partial charge in [0.25, 0.3) is 0 Å². The Kier molecular flexibility index (Phi) is 4.60. The molecule has 0 aromatic heterocycles. The first-order valence-corrected chi connectivity index (χ1v) is 9.04. The highest BCUT2D eigenvalue weighted by Gasteiger charge is 2.36. The minimum atomic E-state index is -1.30. The molecular weight excluding hydrogens is 202 g/mol. The molecule has 0 saturated carbocycles. The van der Waals surface area contributed by atoms with Crippen molar-refractivity contribution in [1.82, 2.24) is 0 Å². The molecule has 0 radical (unpaired) electrons. The van der Waals surface area contributed by atoms with Crippen molar-refractivity contribution in [1.29, 1.82) is 0 Å². The SMILES string of the molecule is CC(C)(O)C[C@H](N)C[Si](C)(C)C(C)(C)C. The summed E-state index contributed by atoms with van der Waals surface area (Å²) in [6.07, 6.45) is 0.694. The van der Waals surface area contributed by atoms with Gasteiger partial charge in [0.1, 0.15) is 0 Å². The lowest BCUT2D eigenvalue weighted by Gasteiger charge is -2.39. The number of hydrogen-bond donors (Lipinski definition) is 2. The Hall–Kier alpha value is 0.137. The first-order valence-electron chi connectivity index (χ1n) is 5.83. The van der Waals surface area contributed by atoms with Gasteiger partial charge in [0.2, 0.25) is 0 Å². The summed E-state index contributed by atoms with van der Waals surface area (Å²) in [7, 11) is -1.30. The maximum absolute atomic E-state index is 9.72. The number of nitrogens with two attached hydrogens (primary N) is 1. The molecule has 15 heavy (non-hydrogen) atoms.